The Hall–Kier alpha value is -3.35. The molecule has 0 saturated heterocycles. The van der Waals surface area contributed by atoms with Crippen LogP contribution < -0.4 is 4.72 Å². The number of aromatic nitrogens is 6. The normalized spacial score (nSPS) is 13.8. The Morgan fingerprint density at radius 3 is 2.31 bits per heavy atom. The van der Waals surface area contributed by atoms with E-state index >= 15 is 0 Å². The molecule has 0 bridgehead atoms. The highest BCUT2D eigenvalue weighted by Crippen LogP contribution is 2.37. The molecule has 0 radical (unpaired) electrons. The Bertz CT molecular complexity index is 1790. The van der Waals surface area contributed by atoms with Gasteiger partial charge in [0.25, 0.3) is 0 Å². The summed E-state index contributed by atoms with van der Waals surface area (Å²) in [6.45, 7) is 21.5. The van der Waals surface area contributed by atoms with Gasteiger partial charge in [-0.25, -0.2) is 14.3 Å². The third-order valence-corrected chi connectivity index (χ3v) is 14.7. The minimum Gasteiger partial charge on any atom is -0.598 e. The fourth-order valence-electron chi connectivity index (χ4n) is 4.56. The van der Waals surface area contributed by atoms with Gasteiger partial charge in [0.05, 0.1) is 46.6 Å². The second-order valence-electron chi connectivity index (χ2n) is 14.5. The summed E-state index contributed by atoms with van der Waals surface area (Å²) < 4.78 is 26.0. The summed E-state index contributed by atoms with van der Waals surface area (Å²) in [4.78, 5) is 10.0. The molecule has 4 aromatic heterocycles. The zero-order chi connectivity index (χ0) is 32.8. The van der Waals surface area contributed by atoms with Gasteiger partial charge in [-0.1, -0.05) is 32.9 Å². The Balaban J connectivity index is 1.57. The van der Waals surface area contributed by atoms with Crippen LogP contribution in [0.5, 0.6) is 0 Å². The summed E-state index contributed by atoms with van der Waals surface area (Å²) in [7, 11) is -1.94. The van der Waals surface area contributed by atoms with Crippen LogP contribution in [0.1, 0.15) is 66.8 Å². The molecule has 1 unspecified atom stereocenters. The largest absolute Gasteiger partial charge is 0.598 e. The maximum Gasteiger partial charge on any atom is 0.192 e. The number of fused-ring (bicyclic) bond motifs is 1. The van der Waals surface area contributed by atoms with Gasteiger partial charge in [0.2, 0.25) is 0 Å². The Morgan fingerprint density at radius 1 is 0.911 bits per heavy atom. The molecular formula is C34H45N7O2SSi. The van der Waals surface area contributed by atoms with Crippen molar-refractivity contribution in [3.05, 3.63) is 84.6 Å². The third-order valence-electron chi connectivity index (χ3n) is 8.40. The molecule has 0 saturated carbocycles. The Kier molecular flexibility index (Phi) is 8.88. The van der Waals surface area contributed by atoms with Gasteiger partial charge < -0.3 is 8.98 Å². The minimum atomic E-state index is -1.94. The van der Waals surface area contributed by atoms with Crippen LogP contribution in [0.3, 0.4) is 0 Å². The molecule has 0 fully saturated rings. The van der Waals surface area contributed by atoms with Gasteiger partial charge in [-0.15, -0.1) is 4.72 Å². The number of pyridine rings is 2. The van der Waals surface area contributed by atoms with Crippen LogP contribution in [-0.2, 0) is 27.9 Å². The lowest BCUT2D eigenvalue weighted by atomic mass is 10.00. The van der Waals surface area contributed by atoms with Crippen LogP contribution >= 0.6 is 0 Å². The van der Waals surface area contributed by atoms with Gasteiger partial charge in [0, 0.05) is 34.7 Å². The molecule has 0 aliphatic rings. The SMILES string of the molecule is CC(C)(N[S+]([O-])C(C)(C)C)c1cccc(-c2cc(-n3cccn3)c3cnn(-c4cccc(CO[Si](C)(C)C(C)(C)C)n4)c3c2)n1. The number of hydrogen-bond donors (Lipinski definition) is 1. The summed E-state index contributed by atoms with van der Waals surface area (Å²) >= 11 is -1.26. The van der Waals surface area contributed by atoms with E-state index in [4.69, 9.17) is 19.5 Å². The van der Waals surface area contributed by atoms with E-state index in [1.807, 2.05) is 98.8 Å². The smallest absolute Gasteiger partial charge is 0.192 e. The summed E-state index contributed by atoms with van der Waals surface area (Å²) in [5, 5.41) is 10.4. The first-order valence-corrected chi connectivity index (χ1v) is 19.3. The molecule has 1 atom stereocenters. The molecule has 4 heterocycles. The molecule has 0 aliphatic carbocycles. The second kappa shape index (κ2) is 12.1. The average Bonchev–Trinajstić information content (AvgIpc) is 3.65. The summed E-state index contributed by atoms with van der Waals surface area (Å²) in [6, 6.07) is 18.0. The molecule has 0 aliphatic heterocycles. The van der Waals surface area contributed by atoms with E-state index in [9.17, 15) is 4.55 Å². The van der Waals surface area contributed by atoms with E-state index in [2.05, 4.69) is 55.8 Å². The van der Waals surface area contributed by atoms with E-state index in [0.29, 0.717) is 12.4 Å². The number of benzene rings is 1. The molecule has 0 spiro atoms. The highest BCUT2D eigenvalue weighted by molar-refractivity contribution is 7.90. The molecule has 1 aromatic carbocycles. The molecule has 1 N–H and O–H groups in total. The number of hydrogen-bond acceptors (Lipinski definition) is 7. The highest BCUT2D eigenvalue weighted by Gasteiger charge is 2.37. The maximum absolute atomic E-state index is 13.0. The van der Waals surface area contributed by atoms with Crippen LogP contribution in [-0.4, -0.2) is 47.1 Å². The Labute approximate surface area is 270 Å². The van der Waals surface area contributed by atoms with Crippen molar-refractivity contribution >= 4 is 30.6 Å². The number of rotatable bonds is 9. The predicted molar refractivity (Wildman–Crippen MR) is 185 cm³/mol. The standard InChI is InChI=1S/C34H45N7O2SSi/c1-32(2,3)44(42)39-34(7,8)30-16-12-15-27(38-30)24-20-28(40-19-13-18-35-40)26-22-36-41(29(26)21-24)31-17-11-14-25(37-31)23-43-45(9,10)33(4,5)6/h11-22,39H,23H2,1-10H3. The average molecular weight is 644 g/mol. The Morgan fingerprint density at radius 2 is 1.64 bits per heavy atom. The summed E-state index contributed by atoms with van der Waals surface area (Å²) in [5.74, 6) is 0.710. The van der Waals surface area contributed by atoms with Gasteiger partial charge >= 0.3 is 0 Å². The van der Waals surface area contributed by atoms with Gasteiger partial charge in [0.15, 0.2) is 14.1 Å². The van der Waals surface area contributed by atoms with Crippen molar-refractivity contribution in [1.82, 2.24) is 34.3 Å². The lowest BCUT2D eigenvalue weighted by Crippen LogP contribution is -2.48. The molecular weight excluding hydrogens is 599 g/mol. The first-order chi connectivity index (χ1) is 21.0. The predicted octanol–water partition coefficient (Wildman–Crippen LogP) is 7.48. The van der Waals surface area contributed by atoms with E-state index in [1.54, 1.807) is 6.20 Å². The monoisotopic (exact) mass is 643 g/mol. The topological polar surface area (TPSA) is 106 Å². The molecule has 45 heavy (non-hydrogen) atoms. The fourth-order valence-corrected chi connectivity index (χ4v) is 6.37. The number of nitrogens with one attached hydrogen (secondary N) is 1. The minimum absolute atomic E-state index is 0.113. The van der Waals surface area contributed by atoms with Crippen LogP contribution in [0, 0.1) is 0 Å². The zero-order valence-corrected chi connectivity index (χ0v) is 29.9. The first-order valence-electron chi connectivity index (χ1n) is 15.3. The van der Waals surface area contributed by atoms with Crippen molar-refractivity contribution in [2.45, 2.75) is 90.4 Å². The van der Waals surface area contributed by atoms with Crippen molar-refractivity contribution in [2.75, 3.05) is 0 Å². The zero-order valence-electron chi connectivity index (χ0n) is 28.0. The van der Waals surface area contributed by atoms with E-state index in [0.717, 1.165) is 39.2 Å². The second-order valence-corrected chi connectivity index (χ2v) is 21.3. The van der Waals surface area contributed by atoms with Gasteiger partial charge in [-0.05, 0) is 95.2 Å². The fraction of sp³-hybridized carbons (Fsp3) is 0.412. The van der Waals surface area contributed by atoms with E-state index in [-0.39, 0.29) is 5.04 Å². The van der Waals surface area contributed by atoms with Gasteiger partial charge in [0.1, 0.15) is 4.75 Å². The molecule has 11 heteroatoms. The third kappa shape index (κ3) is 7.07. The van der Waals surface area contributed by atoms with Crippen molar-refractivity contribution in [1.29, 1.82) is 0 Å². The van der Waals surface area contributed by atoms with Crippen LogP contribution in [0.25, 0.3) is 33.7 Å². The first kappa shape index (κ1) is 33.0. The maximum atomic E-state index is 13.0. The van der Waals surface area contributed by atoms with Crippen LogP contribution in [0.15, 0.2) is 73.2 Å². The van der Waals surface area contributed by atoms with E-state index in [1.165, 1.54) is 0 Å². The van der Waals surface area contributed by atoms with E-state index < -0.39 is 30.0 Å². The lowest BCUT2D eigenvalue weighted by Gasteiger charge is -2.36. The molecule has 5 aromatic rings. The van der Waals surface area contributed by atoms with Crippen LogP contribution in [0.4, 0.5) is 0 Å². The van der Waals surface area contributed by atoms with Gasteiger partial charge in [-0.3, -0.25) is 4.98 Å². The molecule has 0 amide bonds. The summed E-state index contributed by atoms with van der Waals surface area (Å²) in [5.41, 5.74) is 4.49. The van der Waals surface area contributed by atoms with Gasteiger partial charge in [-0.2, -0.15) is 10.2 Å². The highest BCUT2D eigenvalue weighted by atomic mass is 32.2. The lowest BCUT2D eigenvalue weighted by molar-refractivity contribution is 0.272. The summed E-state index contributed by atoms with van der Waals surface area (Å²) in [6.07, 6.45) is 5.54. The van der Waals surface area contributed by atoms with Crippen molar-refractivity contribution in [2.24, 2.45) is 0 Å². The molecule has 238 valence electrons. The van der Waals surface area contributed by atoms with Crippen LogP contribution in [0.2, 0.25) is 18.1 Å². The van der Waals surface area contributed by atoms with Crippen molar-refractivity contribution in [3.8, 4) is 22.8 Å². The number of nitrogens with zero attached hydrogens (tertiary/aromatic N) is 6. The molecule has 5 rings (SSSR count). The van der Waals surface area contributed by atoms with Crippen molar-refractivity contribution < 1.29 is 8.98 Å². The van der Waals surface area contributed by atoms with Crippen molar-refractivity contribution in [3.63, 3.8) is 0 Å². The molecule has 9 nitrogen and oxygen atoms in total. The quantitative estimate of drug-likeness (QED) is 0.131.